The molecule has 1 aliphatic carbocycles. The highest BCUT2D eigenvalue weighted by Crippen LogP contribution is 2.40. The summed E-state index contributed by atoms with van der Waals surface area (Å²) in [5.41, 5.74) is 2.56. The number of para-hydroxylation sites is 1. The summed E-state index contributed by atoms with van der Waals surface area (Å²) in [6, 6.07) is 8.64. The van der Waals surface area contributed by atoms with Gasteiger partial charge in [-0.05, 0) is 43.5 Å². The molecule has 2 aromatic rings. The Morgan fingerprint density at radius 1 is 0.960 bits per heavy atom. The zero-order chi connectivity index (χ0) is 18.1. The SMILES string of the molecule is Cc1cccc(C)c1NC(=O)C1CC1C(=O)Nc1ccc(F)cc1F. The van der Waals surface area contributed by atoms with E-state index >= 15 is 0 Å². The average molecular weight is 344 g/mol. The van der Waals surface area contributed by atoms with Gasteiger partial charge < -0.3 is 10.6 Å². The molecule has 0 heterocycles. The van der Waals surface area contributed by atoms with Crippen molar-refractivity contribution in [2.75, 3.05) is 10.6 Å². The van der Waals surface area contributed by atoms with Crippen LogP contribution in [0.1, 0.15) is 17.5 Å². The molecule has 0 saturated heterocycles. The summed E-state index contributed by atoms with van der Waals surface area (Å²) >= 11 is 0. The van der Waals surface area contributed by atoms with Crippen LogP contribution >= 0.6 is 0 Å². The Morgan fingerprint density at radius 2 is 1.56 bits per heavy atom. The minimum Gasteiger partial charge on any atom is -0.325 e. The molecule has 0 bridgehead atoms. The first kappa shape index (κ1) is 17.1. The average Bonchev–Trinajstić information content (AvgIpc) is 3.34. The smallest absolute Gasteiger partial charge is 0.228 e. The minimum absolute atomic E-state index is 0.0905. The second-order valence-corrected chi connectivity index (χ2v) is 6.32. The van der Waals surface area contributed by atoms with Crippen molar-refractivity contribution < 1.29 is 18.4 Å². The third-order valence-corrected chi connectivity index (χ3v) is 4.38. The standard InChI is InChI=1S/C19H18F2N2O2/c1-10-4-3-5-11(2)17(10)23-19(25)14-9-13(14)18(24)22-16-7-6-12(20)8-15(16)21/h3-8,13-14H,9H2,1-2H3,(H,22,24)(H,23,25). The van der Waals surface area contributed by atoms with Gasteiger partial charge in [0.15, 0.2) is 0 Å². The summed E-state index contributed by atoms with van der Waals surface area (Å²) in [6.45, 7) is 3.80. The highest BCUT2D eigenvalue weighted by molar-refractivity contribution is 6.03. The summed E-state index contributed by atoms with van der Waals surface area (Å²) in [5.74, 6) is -3.17. The van der Waals surface area contributed by atoms with Gasteiger partial charge in [-0.2, -0.15) is 0 Å². The Kier molecular flexibility index (Phi) is 4.53. The summed E-state index contributed by atoms with van der Waals surface area (Å²) in [4.78, 5) is 24.5. The molecule has 6 heteroatoms. The van der Waals surface area contributed by atoms with Gasteiger partial charge in [-0.15, -0.1) is 0 Å². The van der Waals surface area contributed by atoms with Gasteiger partial charge in [0, 0.05) is 11.8 Å². The van der Waals surface area contributed by atoms with Gasteiger partial charge in [-0.25, -0.2) is 8.78 Å². The molecule has 4 nitrogen and oxygen atoms in total. The van der Waals surface area contributed by atoms with E-state index < -0.39 is 29.4 Å². The molecule has 3 rings (SSSR count). The van der Waals surface area contributed by atoms with Crippen LogP contribution in [0.2, 0.25) is 0 Å². The van der Waals surface area contributed by atoms with E-state index in [-0.39, 0.29) is 11.6 Å². The van der Waals surface area contributed by atoms with Crippen molar-refractivity contribution in [3.05, 3.63) is 59.2 Å². The predicted octanol–water partition coefficient (Wildman–Crippen LogP) is 3.79. The lowest BCUT2D eigenvalue weighted by Gasteiger charge is -2.11. The first-order valence-electron chi connectivity index (χ1n) is 8.00. The molecule has 0 aliphatic heterocycles. The van der Waals surface area contributed by atoms with Crippen molar-refractivity contribution in [1.29, 1.82) is 0 Å². The molecule has 2 amide bonds. The molecule has 130 valence electrons. The Bertz CT molecular complexity index is 831. The van der Waals surface area contributed by atoms with Crippen LogP contribution < -0.4 is 10.6 Å². The fraction of sp³-hybridized carbons (Fsp3) is 0.263. The molecule has 2 unspecified atom stereocenters. The van der Waals surface area contributed by atoms with E-state index in [1.54, 1.807) is 0 Å². The monoisotopic (exact) mass is 344 g/mol. The topological polar surface area (TPSA) is 58.2 Å². The number of nitrogens with one attached hydrogen (secondary N) is 2. The van der Waals surface area contributed by atoms with Crippen molar-refractivity contribution in [1.82, 2.24) is 0 Å². The molecule has 2 N–H and O–H groups in total. The zero-order valence-electron chi connectivity index (χ0n) is 13.9. The maximum atomic E-state index is 13.6. The normalized spacial score (nSPS) is 18.6. The first-order valence-corrected chi connectivity index (χ1v) is 8.00. The minimum atomic E-state index is -0.842. The van der Waals surface area contributed by atoms with Gasteiger partial charge in [0.2, 0.25) is 11.8 Å². The molecule has 2 aromatic carbocycles. The molecule has 0 spiro atoms. The van der Waals surface area contributed by atoms with E-state index in [1.165, 1.54) is 0 Å². The summed E-state index contributed by atoms with van der Waals surface area (Å²) in [6.07, 6.45) is 0.408. The molecule has 1 fully saturated rings. The van der Waals surface area contributed by atoms with Gasteiger partial charge in [-0.3, -0.25) is 9.59 Å². The highest BCUT2D eigenvalue weighted by atomic mass is 19.1. The number of halogens is 2. The van der Waals surface area contributed by atoms with Crippen molar-refractivity contribution in [3.63, 3.8) is 0 Å². The van der Waals surface area contributed by atoms with Crippen LogP contribution in [0, 0.1) is 37.3 Å². The van der Waals surface area contributed by atoms with Crippen molar-refractivity contribution in [3.8, 4) is 0 Å². The van der Waals surface area contributed by atoms with E-state index in [0.29, 0.717) is 12.5 Å². The Labute approximate surface area is 144 Å². The maximum Gasteiger partial charge on any atom is 0.228 e. The second-order valence-electron chi connectivity index (χ2n) is 6.32. The summed E-state index contributed by atoms with van der Waals surface area (Å²) in [5, 5.41) is 5.28. The highest BCUT2D eigenvalue weighted by Gasteiger charge is 2.48. The fourth-order valence-corrected chi connectivity index (χ4v) is 2.82. The number of carbonyl (C=O) groups excluding carboxylic acids is 2. The number of amides is 2. The molecule has 1 aliphatic rings. The van der Waals surface area contributed by atoms with Gasteiger partial charge in [-0.1, -0.05) is 18.2 Å². The maximum absolute atomic E-state index is 13.6. The molecule has 1 saturated carbocycles. The van der Waals surface area contributed by atoms with Crippen molar-refractivity contribution in [2.45, 2.75) is 20.3 Å². The summed E-state index contributed by atoms with van der Waals surface area (Å²) in [7, 11) is 0. The Morgan fingerprint density at radius 3 is 2.16 bits per heavy atom. The Balaban J connectivity index is 1.62. The lowest BCUT2D eigenvalue weighted by molar-refractivity contribution is -0.122. The number of anilines is 2. The van der Waals surface area contributed by atoms with Crippen LogP contribution in [0.15, 0.2) is 36.4 Å². The first-order chi connectivity index (χ1) is 11.9. The quantitative estimate of drug-likeness (QED) is 0.886. The fourth-order valence-electron chi connectivity index (χ4n) is 2.82. The second kappa shape index (κ2) is 6.63. The molecule has 2 atom stereocenters. The third kappa shape index (κ3) is 3.68. The molecular formula is C19H18F2N2O2. The number of aryl methyl sites for hydroxylation is 2. The number of hydrogen-bond donors (Lipinski definition) is 2. The largest absolute Gasteiger partial charge is 0.325 e. The number of carbonyl (C=O) groups is 2. The molecular weight excluding hydrogens is 326 g/mol. The van der Waals surface area contributed by atoms with Crippen molar-refractivity contribution >= 4 is 23.2 Å². The van der Waals surface area contributed by atoms with Crippen LogP contribution in [-0.4, -0.2) is 11.8 Å². The van der Waals surface area contributed by atoms with Crippen molar-refractivity contribution in [2.24, 2.45) is 11.8 Å². The van der Waals surface area contributed by atoms with E-state index in [1.807, 2.05) is 32.0 Å². The third-order valence-electron chi connectivity index (χ3n) is 4.38. The van der Waals surface area contributed by atoms with Crippen LogP contribution in [0.5, 0.6) is 0 Å². The van der Waals surface area contributed by atoms with E-state index in [0.717, 1.165) is 28.9 Å². The lowest BCUT2D eigenvalue weighted by atomic mass is 10.1. The van der Waals surface area contributed by atoms with Gasteiger partial charge in [0.1, 0.15) is 11.6 Å². The Hall–Kier alpha value is -2.76. The zero-order valence-corrected chi connectivity index (χ0v) is 13.9. The molecule has 0 radical (unpaired) electrons. The van der Waals surface area contributed by atoms with Crippen LogP contribution in [0.4, 0.5) is 20.2 Å². The van der Waals surface area contributed by atoms with E-state index in [4.69, 9.17) is 0 Å². The number of benzene rings is 2. The summed E-state index contributed by atoms with van der Waals surface area (Å²) < 4.78 is 26.5. The van der Waals surface area contributed by atoms with Gasteiger partial charge in [0.05, 0.1) is 17.5 Å². The lowest BCUT2D eigenvalue weighted by Crippen LogP contribution is -2.21. The van der Waals surface area contributed by atoms with Crippen LogP contribution in [-0.2, 0) is 9.59 Å². The van der Waals surface area contributed by atoms with Crippen LogP contribution in [0.25, 0.3) is 0 Å². The van der Waals surface area contributed by atoms with E-state index in [9.17, 15) is 18.4 Å². The number of hydrogen-bond acceptors (Lipinski definition) is 2. The molecule has 25 heavy (non-hydrogen) atoms. The van der Waals surface area contributed by atoms with Gasteiger partial charge >= 0.3 is 0 Å². The van der Waals surface area contributed by atoms with Crippen LogP contribution in [0.3, 0.4) is 0 Å². The van der Waals surface area contributed by atoms with E-state index in [2.05, 4.69) is 10.6 Å². The molecule has 0 aromatic heterocycles. The number of rotatable bonds is 4. The van der Waals surface area contributed by atoms with Gasteiger partial charge in [0.25, 0.3) is 0 Å². The predicted molar refractivity (Wildman–Crippen MR) is 91.1 cm³/mol.